The topological polar surface area (TPSA) is 108 Å². The largest absolute Gasteiger partial charge is 0.355 e. The van der Waals surface area contributed by atoms with Crippen LogP contribution in [0.1, 0.15) is 18.5 Å². The van der Waals surface area contributed by atoms with Gasteiger partial charge in [0.25, 0.3) is 5.69 Å². The molecule has 0 saturated heterocycles. The number of nitrogens with one attached hydrogen (secondary N) is 2. The molecule has 1 aromatic carbocycles. The van der Waals surface area contributed by atoms with Gasteiger partial charge in [-0.15, -0.1) is 0 Å². The van der Waals surface area contributed by atoms with E-state index in [4.69, 9.17) is 5.26 Å². The van der Waals surface area contributed by atoms with Crippen molar-refractivity contribution in [3.05, 3.63) is 39.9 Å². The average Bonchev–Trinajstić information content (AvgIpc) is 2.38. The minimum atomic E-state index is -0.782. The molecule has 2 N–H and O–H groups in total. The van der Waals surface area contributed by atoms with E-state index >= 15 is 0 Å². The van der Waals surface area contributed by atoms with E-state index in [2.05, 4.69) is 10.6 Å². The van der Waals surface area contributed by atoms with Crippen LogP contribution < -0.4 is 10.6 Å². The molecule has 1 atom stereocenters. The zero-order valence-corrected chi connectivity index (χ0v) is 10.4. The van der Waals surface area contributed by atoms with Crippen molar-refractivity contribution in [1.29, 1.82) is 5.26 Å². The minimum Gasteiger partial charge on any atom is -0.355 e. The highest BCUT2D eigenvalue weighted by Gasteiger charge is 2.20. The lowest BCUT2D eigenvalue weighted by Gasteiger charge is -2.12. The van der Waals surface area contributed by atoms with E-state index in [1.54, 1.807) is 12.1 Å². The second-order valence-corrected chi connectivity index (χ2v) is 3.82. The molecule has 0 aliphatic heterocycles. The summed E-state index contributed by atoms with van der Waals surface area (Å²) in [5, 5.41) is 25.4. The predicted molar refractivity (Wildman–Crippen MR) is 68.1 cm³/mol. The Balaban J connectivity index is 2.73. The zero-order chi connectivity index (χ0) is 14.3. The number of nitrogens with zero attached hydrogens (tertiary/aromatic N) is 2. The fraction of sp³-hybridized carbons (Fsp3) is 0.333. The van der Waals surface area contributed by atoms with Crippen molar-refractivity contribution in [1.82, 2.24) is 10.6 Å². The summed E-state index contributed by atoms with van der Waals surface area (Å²) in [4.78, 5) is 21.0. The molecule has 0 aromatic heterocycles. The van der Waals surface area contributed by atoms with Crippen molar-refractivity contribution >= 4 is 11.6 Å². The lowest BCUT2D eigenvalue weighted by Crippen LogP contribution is -2.32. The number of nitro groups is 1. The van der Waals surface area contributed by atoms with Crippen molar-refractivity contribution in [2.24, 2.45) is 0 Å². The Bertz CT molecular complexity index is 510. The molecule has 0 saturated carbocycles. The van der Waals surface area contributed by atoms with Crippen LogP contribution in [0.4, 0.5) is 5.69 Å². The molecule has 0 radical (unpaired) electrons. The van der Waals surface area contributed by atoms with Gasteiger partial charge < -0.3 is 5.32 Å². The summed E-state index contributed by atoms with van der Waals surface area (Å²) in [5.41, 5.74) is 0.221. The summed E-state index contributed by atoms with van der Waals surface area (Å²) in [6.45, 7) is 2.10. The number of hydrogen-bond donors (Lipinski definition) is 2. The standard InChI is InChI=1S/C12H14N4O3/c1-9(17)14-6-7-15-11(8-13)10-4-2-3-5-12(10)16(18)19/h2-5,11,15H,6-7H2,1H3,(H,14,17). The summed E-state index contributed by atoms with van der Waals surface area (Å²) < 4.78 is 0. The normalized spacial score (nSPS) is 11.4. The molecular weight excluding hydrogens is 248 g/mol. The first kappa shape index (κ1) is 14.6. The third-order valence-electron chi connectivity index (χ3n) is 2.42. The van der Waals surface area contributed by atoms with E-state index in [1.165, 1.54) is 19.1 Å². The number of nitriles is 1. The number of carbonyl (C=O) groups excluding carboxylic acids is 1. The number of amides is 1. The molecule has 0 fully saturated rings. The van der Waals surface area contributed by atoms with Crippen LogP contribution in [0.3, 0.4) is 0 Å². The molecule has 7 nitrogen and oxygen atoms in total. The maximum Gasteiger partial charge on any atom is 0.275 e. The van der Waals surface area contributed by atoms with Crippen LogP contribution in [-0.2, 0) is 4.79 Å². The number of hydrogen-bond acceptors (Lipinski definition) is 5. The van der Waals surface area contributed by atoms with Gasteiger partial charge in [0.15, 0.2) is 0 Å². The SMILES string of the molecule is CC(=O)NCCNC(C#N)c1ccccc1[N+](=O)[O-]. The first-order chi connectivity index (χ1) is 9.06. The lowest BCUT2D eigenvalue weighted by atomic mass is 10.1. The third-order valence-corrected chi connectivity index (χ3v) is 2.42. The van der Waals surface area contributed by atoms with E-state index in [-0.39, 0.29) is 11.6 Å². The first-order valence-corrected chi connectivity index (χ1v) is 5.67. The summed E-state index contributed by atoms with van der Waals surface area (Å²) in [6.07, 6.45) is 0. The quantitative estimate of drug-likeness (QED) is 0.449. The molecule has 0 aliphatic carbocycles. The molecule has 1 amide bonds. The highest BCUT2D eigenvalue weighted by molar-refractivity contribution is 5.72. The minimum absolute atomic E-state index is 0.0962. The van der Waals surface area contributed by atoms with Crippen LogP contribution >= 0.6 is 0 Å². The molecule has 0 bridgehead atoms. The van der Waals surface area contributed by atoms with E-state index < -0.39 is 11.0 Å². The van der Waals surface area contributed by atoms with Crippen molar-refractivity contribution in [2.75, 3.05) is 13.1 Å². The van der Waals surface area contributed by atoms with E-state index in [0.717, 1.165) is 0 Å². The van der Waals surface area contributed by atoms with Crippen LogP contribution in [0, 0.1) is 21.4 Å². The molecule has 100 valence electrons. The number of nitro benzene ring substituents is 1. The van der Waals surface area contributed by atoms with Crippen molar-refractivity contribution in [2.45, 2.75) is 13.0 Å². The van der Waals surface area contributed by atoms with Gasteiger partial charge in [0.05, 0.1) is 16.6 Å². The van der Waals surface area contributed by atoms with Crippen LogP contribution in [0.15, 0.2) is 24.3 Å². The summed E-state index contributed by atoms with van der Waals surface area (Å²) in [5.74, 6) is -0.166. The Hall–Kier alpha value is -2.46. The maximum atomic E-state index is 10.9. The molecule has 19 heavy (non-hydrogen) atoms. The second kappa shape index (κ2) is 7.08. The van der Waals surface area contributed by atoms with Crippen LogP contribution in [0.2, 0.25) is 0 Å². The monoisotopic (exact) mass is 262 g/mol. The van der Waals surface area contributed by atoms with Gasteiger partial charge in [-0.3, -0.25) is 20.2 Å². The van der Waals surface area contributed by atoms with Crippen LogP contribution in [0.5, 0.6) is 0 Å². The van der Waals surface area contributed by atoms with E-state index in [1.807, 2.05) is 6.07 Å². The number of para-hydroxylation sites is 1. The van der Waals surface area contributed by atoms with Crippen molar-refractivity contribution in [3.8, 4) is 6.07 Å². The number of benzene rings is 1. The Morgan fingerprint density at radius 1 is 1.47 bits per heavy atom. The Kier molecular flexibility index (Phi) is 5.44. The van der Waals surface area contributed by atoms with Gasteiger partial charge in [-0.25, -0.2) is 0 Å². The lowest BCUT2D eigenvalue weighted by molar-refractivity contribution is -0.385. The molecule has 0 aliphatic rings. The van der Waals surface area contributed by atoms with Gasteiger partial charge in [-0.1, -0.05) is 12.1 Å². The fourth-order valence-electron chi connectivity index (χ4n) is 1.58. The molecule has 1 aromatic rings. The summed E-state index contributed by atoms with van der Waals surface area (Å²) in [7, 11) is 0. The zero-order valence-electron chi connectivity index (χ0n) is 10.4. The van der Waals surface area contributed by atoms with Crippen LogP contribution in [0.25, 0.3) is 0 Å². The van der Waals surface area contributed by atoms with Gasteiger partial charge in [-0.2, -0.15) is 5.26 Å². The van der Waals surface area contributed by atoms with E-state index in [9.17, 15) is 14.9 Å². The van der Waals surface area contributed by atoms with Gasteiger partial charge in [0, 0.05) is 26.1 Å². The Morgan fingerprint density at radius 2 is 2.16 bits per heavy atom. The third kappa shape index (κ3) is 4.37. The predicted octanol–water partition coefficient (Wildman–Crippen LogP) is 0.885. The number of carbonyl (C=O) groups is 1. The fourth-order valence-corrected chi connectivity index (χ4v) is 1.58. The van der Waals surface area contributed by atoms with Gasteiger partial charge in [-0.05, 0) is 6.07 Å². The highest BCUT2D eigenvalue weighted by atomic mass is 16.6. The molecule has 1 unspecified atom stereocenters. The van der Waals surface area contributed by atoms with Crippen LogP contribution in [-0.4, -0.2) is 23.9 Å². The smallest absolute Gasteiger partial charge is 0.275 e. The van der Waals surface area contributed by atoms with Crippen molar-refractivity contribution < 1.29 is 9.72 Å². The summed E-state index contributed by atoms with van der Waals surface area (Å²) >= 11 is 0. The Morgan fingerprint density at radius 3 is 2.74 bits per heavy atom. The number of rotatable bonds is 6. The van der Waals surface area contributed by atoms with Gasteiger partial charge in [0.2, 0.25) is 5.91 Å². The molecular formula is C12H14N4O3. The molecule has 0 spiro atoms. The Labute approximate surface area is 110 Å². The molecule has 0 heterocycles. The molecule has 7 heteroatoms. The highest BCUT2D eigenvalue weighted by Crippen LogP contribution is 2.23. The summed E-state index contributed by atoms with van der Waals surface area (Å²) in [6, 6.07) is 7.28. The van der Waals surface area contributed by atoms with Gasteiger partial charge in [0.1, 0.15) is 6.04 Å². The van der Waals surface area contributed by atoms with E-state index in [0.29, 0.717) is 18.7 Å². The first-order valence-electron chi connectivity index (χ1n) is 5.67. The average molecular weight is 262 g/mol. The van der Waals surface area contributed by atoms with Gasteiger partial charge >= 0.3 is 0 Å². The molecule has 1 rings (SSSR count). The maximum absolute atomic E-state index is 10.9. The second-order valence-electron chi connectivity index (χ2n) is 3.82. The van der Waals surface area contributed by atoms with Crippen molar-refractivity contribution in [3.63, 3.8) is 0 Å².